The van der Waals surface area contributed by atoms with Crippen LogP contribution in [0.15, 0.2) is 42.5 Å². The Balaban J connectivity index is 1.41. The summed E-state index contributed by atoms with van der Waals surface area (Å²) in [5.41, 5.74) is 3.97. The molecule has 27 heavy (non-hydrogen) atoms. The third kappa shape index (κ3) is 3.85. The molecule has 2 heterocycles. The minimum Gasteiger partial charge on any atom is -0.338 e. The lowest BCUT2D eigenvalue weighted by Gasteiger charge is -2.17. The number of aromatic nitrogens is 1. The van der Waals surface area contributed by atoms with Gasteiger partial charge in [0.05, 0.1) is 21.1 Å². The van der Waals surface area contributed by atoms with Crippen LogP contribution in [0, 0.1) is 19.8 Å². The van der Waals surface area contributed by atoms with Gasteiger partial charge in [-0.1, -0.05) is 29.8 Å². The normalized spacial score (nSPS) is 16.9. The predicted molar refractivity (Wildman–Crippen MR) is 108 cm³/mol. The molecule has 5 nitrogen and oxygen atoms in total. The molecule has 1 fully saturated rings. The Labute approximate surface area is 162 Å². The van der Waals surface area contributed by atoms with Crippen LogP contribution >= 0.6 is 11.3 Å². The number of amides is 2. The molecule has 0 bridgehead atoms. The molecule has 2 amide bonds. The van der Waals surface area contributed by atoms with E-state index >= 15 is 0 Å². The molecule has 1 N–H and O–H groups in total. The van der Waals surface area contributed by atoms with Crippen molar-refractivity contribution < 1.29 is 9.59 Å². The fraction of sp³-hybridized carbons (Fsp3) is 0.286. The maximum absolute atomic E-state index is 12.6. The highest BCUT2D eigenvalue weighted by molar-refractivity contribution is 7.18. The van der Waals surface area contributed by atoms with Gasteiger partial charge in [-0.15, -0.1) is 11.3 Å². The number of rotatable bonds is 4. The summed E-state index contributed by atoms with van der Waals surface area (Å²) in [6.45, 7) is 5.02. The Morgan fingerprint density at radius 2 is 2.00 bits per heavy atom. The number of nitrogens with one attached hydrogen (secondary N) is 1. The molecule has 0 unspecified atom stereocenters. The van der Waals surface area contributed by atoms with Gasteiger partial charge < -0.3 is 10.2 Å². The molecular formula is C21H21N3O2S. The molecule has 3 aromatic rings. The Bertz CT molecular complexity index is 1010. The molecule has 6 heteroatoms. The summed E-state index contributed by atoms with van der Waals surface area (Å²) in [5, 5.41) is 3.96. The summed E-state index contributed by atoms with van der Waals surface area (Å²) in [7, 11) is 0. The molecule has 1 aliphatic rings. The first-order valence-electron chi connectivity index (χ1n) is 8.99. The standard InChI is InChI=1S/C21H21N3O2S/c1-13-3-5-15(6-4-13)11-24-12-16(9-20(24)25)21(26)23-17-7-8-18-19(10-17)27-14(2)22-18/h3-8,10,16H,9,11-12H2,1-2H3,(H,23,26)/t16-/m0/s1. The van der Waals surface area contributed by atoms with Crippen LogP contribution in [0.4, 0.5) is 5.69 Å². The van der Waals surface area contributed by atoms with Crippen LogP contribution in [-0.4, -0.2) is 28.2 Å². The smallest absolute Gasteiger partial charge is 0.229 e. The number of carbonyl (C=O) groups is 2. The molecular weight excluding hydrogens is 358 g/mol. The van der Waals surface area contributed by atoms with E-state index in [-0.39, 0.29) is 24.2 Å². The average Bonchev–Trinajstić information content (AvgIpc) is 3.18. The summed E-state index contributed by atoms with van der Waals surface area (Å²) in [5.74, 6) is -0.388. The lowest BCUT2D eigenvalue weighted by atomic mass is 10.1. The van der Waals surface area contributed by atoms with Crippen LogP contribution in [0.3, 0.4) is 0 Å². The summed E-state index contributed by atoms with van der Waals surface area (Å²) >= 11 is 1.60. The van der Waals surface area contributed by atoms with Gasteiger partial charge in [-0.3, -0.25) is 9.59 Å². The van der Waals surface area contributed by atoms with E-state index in [1.807, 2.05) is 56.3 Å². The monoisotopic (exact) mass is 379 g/mol. The number of carbonyl (C=O) groups excluding carboxylic acids is 2. The van der Waals surface area contributed by atoms with E-state index in [0.29, 0.717) is 13.1 Å². The fourth-order valence-electron chi connectivity index (χ4n) is 3.38. The van der Waals surface area contributed by atoms with Crippen LogP contribution < -0.4 is 5.32 Å². The van der Waals surface area contributed by atoms with E-state index in [2.05, 4.69) is 10.3 Å². The zero-order valence-electron chi connectivity index (χ0n) is 15.4. The van der Waals surface area contributed by atoms with Gasteiger partial charge in [0.25, 0.3) is 0 Å². The first kappa shape index (κ1) is 17.7. The zero-order valence-corrected chi connectivity index (χ0v) is 16.2. The highest BCUT2D eigenvalue weighted by Crippen LogP contribution is 2.26. The van der Waals surface area contributed by atoms with Gasteiger partial charge >= 0.3 is 0 Å². The van der Waals surface area contributed by atoms with Gasteiger partial charge in [-0.05, 0) is 37.6 Å². The van der Waals surface area contributed by atoms with E-state index in [9.17, 15) is 9.59 Å². The van der Waals surface area contributed by atoms with Crippen molar-refractivity contribution in [2.24, 2.45) is 5.92 Å². The van der Waals surface area contributed by atoms with E-state index in [4.69, 9.17) is 0 Å². The molecule has 1 atom stereocenters. The molecule has 1 aliphatic heterocycles. The zero-order chi connectivity index (χ0) is 19.0. The lowest BCUT2D eigenvalue weighted by Crippen LogP contribution is -2.28. The van der Waals surface area contributed by atoms with Crippen LogP contribution in [0.5, 0.6) is 0 Å². The van der Waals surface area contributed by atoms with E-state index in [1.165, 1.54) is 5.56 Å². The van der Waals surface area contributed by atoms with E-state index in [0.717, 1.165) is 26.5 Å². The van der Waals surface area contributed by atoms with Crippen molar-refractivity contribution in [2.45, 2.75) is 26.8 Å². The Hall–Kier alpha value is -2.73. The molecule has 4 rings (SSSR count). The van der Waals surface area contributed by atoms with Crippen molar-refractivity contribution in [3.05, 3.63) is 58.6 Å². The number of aryl methyl sites for hydroxylation is 2. The topological polar surface area (TPSA) is 62.3 Å². The molecule has 1 saturated heterocycles. The van der Waals surface area contributed by atoms with Gasteiger partial charge in [0, 0.05) is 25.2 Å². The fourth-order valence-corrected chi connectivity index (χ4v) is 4.24. The first-order valence-corrected chi connectivity index (χ1v) is 9.81. The summed E-state index contributed by atoms with van der Waals surface area (Å²) in [6.07, 6.45) is 0.263. The highest BCUT2D eigenvalue weighted by atomic mass is 32.1. The van der Waals surface area contributed by atoms with E-state index < -0.39 is 0 Å². The predicted octanol–water partition coefficient (Wildman–Crippen LogP) is 3.90. The molecule has 138 valence electrons. The molecule has 0 aliphatic carbocycles. The highest BCUT2D eigenvalue weighted by Gasteiger charge is 2.34. The quantitative estimate of drug-likeness (QED) is 0.748. The second-order valence-corrected chi connectivity index (χ2v) is 8.30. The van der Waals surface area contributed by atoms with Crippen molar-refractivity contribution in [1.29, 1.82) is 0 Å². The molecule has 0 radical (unpaired) electrons. The number of nitrogens with zero attached hydrogens (tertiary/aromatic N) is 2. The Morgan fingerprint density at radius 1 is 1.22 bits per heavy atom. The third-order valence-corrected chi connectivity index (χ3v) is 5.78. The van der Waals surface area contributed by atoms with Gasteiger partial charge in [0.15, 0.2) is 0 Å². The van der Waals surface area contributed by atoms with Crippen LogP contribution in [-0.2, 0) is 16.1 Å². The summed E-state index contributed by atoms with van der Waals surface area (Å²) < 4.78 is 1.05. The first-order chi connectivity index (χ1) is 13.0. The van der Waals surface area contributed by atoms with Crippen molar-refractivity contribution in [3.63, 3.8) is 0 Å². The minimum absolute atomic E-state index is 0.0317. The summed E-state index contributed by atoms with van der Waals surface area (Å²) in [6, 6.07) is 13.9. The number of anilines is 1. The van der Waals surface area contributed by atoms with Crippen LogP contribution in [0.25, 0.3) is 10.2 Å². The number of hydrogen-bond acceptors (Lipinski definition) is 4. The number of likely N-dealkylation sites (tertiary alicyclic amines) is 1. The Kier molecular flexibility index (Phi) is 4.66. The van der Waals surface area contributed by atoms with E-state index in [1.54, 1.807) is 16.2 Å². The molecule has 0 saturated carbocycles. The van der Waals surface area contributed by atoms with Crippen molar-refractivity contribution in [1.82, 2.24) is 9.88 Å². The number of fused-ring (bicyclic) bond motifs is 1. The van der Waals surface area contributed by atoms with Gasteiger partial charge in [0.2, 0.25) is 11.8 Å². The van der Waals surface area contributed by atoms with Crippen LogP contribution in [0.1, 0.15) is 22.6 Å². The lowest BCUT2D eigenvalue weighted by molar-refractivity contribution is -0.128. The van der Waals surface area contributed by atoms with Gasteiger partial charge in [-0.25, -0.2) is 4.98 Å². The van der Waals surface area contributed by atoms with Crippen LogP contribution in [0.2, 0.25) is 0 Å². The minimum atomic E-state index is -0.318. The SMILES string of the molecule is Cc1ccc(CN2C[C@@H](C(=O)Nc3ccc4nc(C)sc4c3)CC2=O)cc1. The van der Waals surface area contributed by atoms with Crippen molar-refractivity contribution in [3.8, 4) is 0 Å². The molecule has 0 spiro atoms. The van der Waals surface area contributed by atoms with Crippen molar-refractivity contribution >= 4 is 39.1 Å². The summed E-state index contributed by atoms with van der Waals surface area (Å²) in [4.78, 5) is 31.2. The number of hydrogen-bond donors (Lipinski definition) is 1. The average molecular weight is 379 g/mol. The van der Waals surface area contributed by atoms with Crippen molar-refractivity contribution in [2.75, 3.05) is 11.9 Å². The second-order valence-electron chi connectivity index (χ2n) is 7.07. The maximum atomic E-state index is 12.6. The Morgan fingerprint density at radius 3 is 2.78 bits per heavy atom. The second kappa shape index (κ2) is 7.12. The number of thiazole rings is 1. The van der Waals surface area contributed by atoms with Gasteiger partial charge in [0.1, 0.15) is 0 Å². The third-order valence-electron chi connectivity index (χ3n) is 4.84. The molecule has 1 aromatic heterocycles. The van der Waals surface area contributed by atoms with Gasteiger partial charge in [-0.2, -0.15) is 0 Å². The molecule has 2 aromatic carbocycles. The maximum Gasteiger partial charge on any atom is 0.229 e. The largest absolute Gasteiger partial charge is 0.338 e. The number of benzene rings is 2.